The van der Waals surface area contributed by atoms with E-state index in [1.54, 1.807) is 13.8 Å². The molecule has 2 N–H and O–H groups in total. The van der Waals surface area contributed by atoms with Crippen LogP contribution in [0.25, 0.3) is 10.9 Å². The summed E-state index contributed by atoms with van der Waals surface area (Å²) in [5, 5.41) is 4.13. The summed E-state index contributed by atoms with van der Waals surface area (Å²) in [6, 6.07) is 6.96. The van der Waals surface area contributed by atoms with Gasteiger partial charge in [-0.1, -0.05) is 41.4 Å². The molecule has 27 heavy (non-hydrogen) atoms. The molecule has 0 radical (unpaired) electrons. The predicted octanol–water partition coefficient (Wildman–Crippen LogP) is 4.75. The van der Waals surface area contributed by atoms with E-state index in [9.17, 15) is 9.59 Å². The Morgan fingerprint density at radius 2 is 2.04 bits per heavy atom. The second kappa shape index (κ2) is 8.33. The van der Waals surface area contributed by atoms with Crippen LogP contribution in [-0.4, -0.2) is 29.5 Å². The first-order valence-corrected chi connectivity index (χ1v) is 9.96. The monoisotopic (exact) mass is 424 g/mol. The molecule has 1 unspecified atom stereocenters. The molecule has 0 fully saturated rings. The number of H-pyrrole nitrogens is 1. The molecule has 3 rings (SSSR count). The van der Waals surface area contributed by atoms with Gasteiger partial charge >= 0.3 is 5.97 Å². The Labute approximate surface area is 170 Å². The number of hydrogen-bond donors (Lipinski definition) is 2. The highest BCUT2D eigenvalue weighted by Crippen LogP contribution is 2.36. The molecule has 0 aliphatic heterocycles. The van der Waals surface area contributed by atoms with E-state index in [2.05, 4.69) is 10.3 Å². The maximum atomic E-state index is 12.7. The summed E-state index contributed by atoms with van der Waals surface area (Å²) in [6.45, 7) is 3.68. The van der Waals surface area contributed by atoms with Crippen LogP contribution in [0.3, 0.4) is 0 Å². The number of para-hydroxylation sites is 1. The number of nitrogens with one attached hydrogen (secondary N) is 2. The summed E-state index contributed by atoms with van der Waals surface area (Å²) >= 11 is 13.2. The van der Waals surface area contributed by atoms with Gasteiger partial charge in [-0.2, -0.15) is 0 Å². The number of esters is 1. The van der Waals surface area contributed by atoms with Gasteiger partial charge in [-0.3, -0.25) is 4.79 Å². The molecular formula is C19H18Cl2N2O3S. The normalized spacial score (nSPS) is 12.1. The Balaban J connectivity index is 1.86. The number of fused-ring (bicyclic) bond motifs is 1. The molecule has 0 aliphatic carbocycles. The van der Waals surface area contributed by atoms with Gasteiger partial charge in [-0.15, -0.1) is 11.3 Å². The lowest BCUT2D eigenvalue weighted by molar-refractivity contribution is -0.145. The number of benzene rings is 1. The molecule has 142 valence electrons. The van der Waals surface area contributed by atoms with Crippen LogP contribution >= 0.6 is 34.5 Å². The molecule has 0 saturated carbocycles. The maximum Gasteiger partial charge on any atom is 0.328 e. The summed E-state index contributed by atoms with van der Waals surface area (Å²) in [7, 11) is 0. The van der Waals surface area contributed by atoms with E-state index in [0.29, 0.717) is 26.2 Å². The van der Waals surface area contributed by atoms with Gasteiger partial charge in [0, 0.05) is 23.5 Å². The zero-order chi connectivity index (χ0) is 19.6. The van der Waals surface area contributed by atoms with Crippen molar-refractivity contribution in [2.24, 2.45) is 0 Å². The minimum Gasteiger partial charge on any atom is -0.464 e. The van der Waals surface area contributed by atoms with Crippen LogP contribution in [0.2, 0.25) is 9.36 Å². The van der Waals surface area contributed by atoms with E-state index < -0.39 is 17.9 Å². The molecule has 1 aromatic carbocycles. The van der Waals surface area contributed by atoms with Crippen molar-refractivity contribution in [3.05, 3.63) is 55.8 Å². The number of carbonyl (C=O) groups is 2. The van der Waals surface area contributed by atoms with Crippen LogP contribution in [0.5, 0.6) is 0 Å². The lowest BCUT2D eigenvalue weighted by atomic mass is 10.0. The van der Waals surface area contributed by atoms with Gasteiger partial charge < -0.3 is 15.0 Å². The summed E-state index contributed by atoms with van der Waals surface area (Å²) < 4.78 is 5.50. The zero-order valence-corrected chi connectivity index (χ0v) is 17.1. The van der Waals surface area contributed by atoms with Crippen molar-refractivity contribution >= 4 is 57.3 Å². The molecule has 1 atom stereocenters. The second-order valence-electron chi connectivity index (χ2n) is 5.99. The Morgan fingerprint density at radius 3 is 2.70 bits per heavy atom. The van der Waals surface area contributed by atoms with Gasteiger partial charge in [0.15, 0.2) is 0 Å². The third-order valence-corrected chi connectivity index (χ3v) is 6.40. The number of halogens is 2. The van der Waals surface area contributed by atoms with Crippen LogP contribution in [0.15, 0.2) is 30.5 Å². The molecule has 2 aromatic heterocycles. The predicted molar refractivity (Wildman–Crippen MR) is 109 cm³/mol. The van der Waals surface area contributed by atoms with Crippen molar-refractivity contribution < 1.29 is 14.3 Å². The molecule has 2 heterocycles. The Kier molecular flexibility index (Phi) is 6.09. The first-order chi connectivity index (χ1) is 12.9. The smallest absolute Gasteiger partial charge is 0.328 e. The highest BCUT2D eigenvalue weighted by atomic mass is 35.5. The summed E-state index contributed by atoms with van der Waals surface area (Å²) in [4.78, 5) is 28.7. The highest BCUT2D eigenvalue weighted by molar-refractivity contribution is 7.19. The Bertz CT molecular complexity index is 996. The molecule has 3 aromatic rings. The summed E-state index contributed by atoms with van der Waals surface area (Å²) in [5.74, 6) is -0.883. The van der Waals surface area contributed by atoms with Crippen LogP contribution in [0.1, 0.15) is 27.7 Å². The number of hydrogen-bond acceptors (Lipinski definition) is 4. The van der Waals surface area contributed by atoms with Gasteiger partial charge in [0.1, 0.15) is 10.4 Å². The van der Waals surface area contributed by atoms with E-state index in [1.165, 1.54) is 0 Å². The van der Waals surface area contributed by atoms with Crippen LogP contribution in [0.4, 0.5) is 0 Å². The first-order valence-electron chi connectivity index (χ1n) is 8.39. The van der Waals surface area contributed by atoms with Gasteiger partial charge in [-0.25, -0.2) is 4.79 Å². The van der Waals surface area contributed by atoms with Gasteiger partial charge in [0.05, 0.1) is 16.5 Å². The number of carbonyl (C=O) groups excluding carboxylic acids is 2. The molecule has 1 amide bonds. The van der Waals surface area contributed by atoms with Crippen molar-refractivity contribution in [3.8, 4) is 0 Å². The fraction of sp³-hybridized carbons (Fsp3) is 0.263. The van der Waals surface area contributed by atoms with E-state index in [1.807, 2.05) is 30.5 Å². The van der Waals surface area contributed by atoms with Crippen molar-refractivity contribution in [2.75, 3.05) is 6.61 Å². The van der Waals surface area contributed by atoms with E-state index in [-0.39, 0.29) is 6.61 Å². The van der Waals surface area contributed by atoms with Crippen LogP contribution in [0, 0.1) is 6.92 Å². The third-order valence-electron chi connectivity index (χ3n) is 4.22. The van der Waals surface area contributed by atoms with Crippen molar-refractivity contribution in [1.82, 2.24) is 10.3 Å². The van der Waals surface area contributed by atoms with Gasteiger partial charge in [-0.05, 0) is 31.0 Å². The van der Waals surface area contributed by atoms with Crippen molar-refractivity contribution in [3.63, 3.8) is 0 Å². The van der Waals surface area contributed by atoms with Crippen LogP contribution in [-0.2, 0) is 16.0 Å². The Morgan fingerprint density at radius 1 is 1.30 bits per heavy atom. The number of aromatic nitrogens is 1. The number of aromatic amines is 1. The van der Waals surface area contributed by atoms with E-state index in [4.69, 9.17) is 27.9 Å². The number of thiophene rings is 1. The lowest BCUT2D eigenvalue weighted by Crippen LogP contribution is -2.43. The number of amides is 1. The van der Waals surface area contributed by atoms with Gasteiger partial charge in [0.25, 0.3) is 5.91 Å². The average molecular weight is 425 g/mol. The summed E-state index contributed by atoms with van der Waals surface area (Å²) in [6.07, 6.45) is 2.15. The lowest BCUT2D eigenvalue weighted by Gasteiger charge is -2.17. The van der Waals surface area contributed by atoms with Crippen LogP contribution < -0.4 is 5.32 Å². The standard InChI is InChI=1S/C19H18Cl2N2O3S/c1-3-26-19(25)14(8-11-9-22-13-7-5-4-6-12(11)13)23-18(24)16-10(2)15(20)17(21)27-16/h4-7,9,14,22H,3,8H2,1-2H3,(H,23,24). The summed E-state index contributed by atoms with van der Waals surface area (Å²) in [5.41, 5.74) is 2.48. The van der Waals surface area contributed by atoms with E-state index >= 15 is 0 Å². The first kappa shape index (κ1) is 19.7. The average Bonchev–Trinajstić information content (AvgIpc) is 3.17. The number of rotatable bonds is 6. The van der Waals surface area contributed by atoms with Gasteiger partial charge in [0.2, 0.25) is 0 Å². The zero-order valence-electron chi connectivity index (χ0n) is 14.8. The molecule has 0 aliphatic rings. The molecule has 0 saturated heterocycles. The molecule has 8 heteroatoms. The largest absolute Gasteiger partial charge is 0.464 e. The fourth-order valence-electron chi connectivity index (χ4n) is 2.86. The molecular weight excluding hydrogens is 407 g/mol. The minimum absolute atomic E-state index is 0.231. The third kappa shape index (κ3) is 4.13. The minimum atomic E-state index is -0.823. The molecule has 5 nitrogen and oxygen atoms in total. The van der Waals surface area contributed by atoms with Crippen molar-refractivity contribution in [1.29, 1.82) is 0 Å². The van der Waals surface area contributed by atoms with E-state index in [0.717, 1.165) is 27.8 Å². The topological polar surface area (TPSA) is 71.2 Å². The van der Waals surface area contributed by atoms with Crippen molar-refractivity contribution in [2.45, 2.75) is 26.3 Å². The SMILES string of the molecule is CCOC(=O)C(Cc1c[nH]c2ccccc12)NC(=O)c1sc(Cl)c(Cl)c1C. The Hall–Kier alpha value is -2.02. The fourth-order valence-corrected chi connectivity index (χ4v) is 4.32. The molecule has 0 spiro atoms. The quantitative estimate of drug-likeness (QED) is 0.560. The highest BCUT2D eigenvalue weighted by Gasteiger charge is 2.26. The second-order valence-corrected chi connectivity index (χ2v) is 7.99. The number of ether oxygens (including phenoxy) is 1. The maximum absolute atomic E-state index is 12.7. The molecule has 0 bridgehead atoms.